The lowest BCUT2D eigenvalue weighted by atomic mass is 10.1. The van der Waals surface area contributed by atoms with Gasteiger partial charge in [0.25, 0.3) is 0 Å². The summed E-state index contributed by atoms with van der Waals surface area (Å²) in [5, 5.41) is 9.04. The molecule has 1 N–H and O–H groups in total. The van der Waals surface area contributed by atoms with Crippen LogP contribution in [0.5, 0.6) is 0 Å². The first-order chi connectivity index (χ1) is 24.1. The molecule has 0 radical (unpaired) electrons. The first-order valence-corrected chi connectivity index (χ1v) is 19.0. The summed E-state index contributed by atoms with van der Waals surface area (Å²) in [4.78, 5) is 11.9. The number of hydrogen-bond donors (Lipinski definition) is 1. The third-order valence-electron chi connectivity index (χ3n) is 7.74. The zero-order valence-electron chi connectivity index (χ0n) is 34.3. The van der Waals surface area contributed by atoms with Crippen LogP contribution in [0, 0.1) is 5.92 Å². The summed E-state index contributed by atoms with van der Waals surface area (Å²) in [5.41, 5.74) is 0. The molecule has 0 saturated heterocycles. The molecule has 306 valence electrons. The van der Waals surface area contributed by atoms with Gasteiger partial charge in [0.1, 0.15) is 6.10 Å². The molecule has 0 bridgehead atoms. The van der Waals surface area contributed by atoms with Crippen LogP contribution in [0.25, 0.3) is 0 Å². The molecule has 0 aromatic heterocycles. The second-order valence-corrected chi connectivity index (χ2v) is 14.2. The predicted molar refractivity (Wildman–Crippen MR) is 196 cm³/mol. The van der Waals surface area contributed by atoms with Crippen molar-refractivity contribution in [2.45, 2.75) is 164 Å². The molecule has 51 heavy (non-hydrogen) atoms. The van der Waals surface area contributed by atoms with Crippen molar-refractivity contribution in [2.75, 3.05) is 72.7 Å². The van der Waals surface area contributed by atoms with Gasteiger partial charge >= 0.3 is 5.97 Å². The molecule has 0 rings (SSSR count). The van der Waals surface area contributed by atoms with Crippen LogP contribution in [-0.2, 0) is 56.9 Å². The van der Waals surface area contributed by atoms with E-state index in [9.17, 15) is 4.79 Å². The lowest BCUT2D eigenvalue weighted by molar-refractivity contribution is -0.157. The van der Waals surface area contributed by atoms with Crippen molar-refractivity contribution in [3.63, 3.8) is 0 Å². The summed E-state index contributed by atoms with van der Waals surface area (Å²) in [5.74, 6) is -0.302. The van der Waals surface area contributed by atoms with E-state index in [0.717, 1.165) is 6.42 Å². The Morgan fingerprint density at radius 3 is 0.765 bits per heavy atom. The van der Waals surface area contributed by atoms with Crippen molar-refractivity contribution >= 4 is 5.97 Å². The van der Waals surface area contributed by atoms with Crippen molar-refractivity contribution in [3.05, 3.63) is 0 Å². The highest BCUT2D eigenvalue weighted by Gasteiger charge is 2.18. The van der Waals surface area contributed by atoms with E-state index < -0.39 is 0 Å². The highest BCUT2D eigenvalue weighted by atomic mass is 16.6. The molecule has 0 spiro atoms. The highest BCUT2D eigenvalue weighted by Crippen LogP contribution is 2.09. The summed E-state index contributed by atoms with van der Waals surface area (Å²) in [6.45, 7) is 29.4. The van der Waals surface area contributed by atoms with Gasteiger partial charge in [0.15, 0.2) is 0 Å². The maximum absolute atomic E-state index is 11.9. The number of ether oxygens (including phenoxy) is 11. The quantitative estimate of drug-likeness (QED) is 0.0886. The maximum atomic E-state index is 11.9. The molecule has 0 amide bonds. The molecule has 0 aliphatic rings. The van der Waals surface area contributed by atoms with Gasteiger partial charge in [0.2, 0.25) is 0 Å². The molecule has 0 aromatic carbocycles. The minimum absolute atomic E-state index is 0.00795. The van der Waals surface area contributed by atoms with Gasteiger partial charge in [0, 0.05) is 0 Å². The van der Waals surface area contributed by atoms with E-state index in [-0.39, 0.29) is 85.6 Å². The van der Waals surface area contributed by atoms with E-state index in [1.807, 2.05) is 90.0 Å². The van der Waals surface area contributed by atoms with Gasteiger partial charge in [-0.25, -0.2) is 0 Å². The summed E-state index contributed by atoms with van der Waals surface area (Å²) in [6.07, 6.45) is -0.636. The normalized spacial score (nSPS) is 19.3. The van der Waals surface area contributed by atoms with Crippen LogP contribution in [0.15, 0.2) is 0 Å². The number of hydrogen-bond acceptors (Lipinski definition) is 13. The van der Waals surface area contributed by atoms with Gasteiger partial charge in [-0.2, -0.15) is 0 Å². The van der Waals surface area contributed by atoms with Gasteiger partial charge in [-0.05, 0) is 82.6 Å². The third kappa shape index (κ3) is 29.1. The van der Waals surface area contributed by atoms with Crippen LogP contribution >= 0.6 is 0 Å². The van der Waals surface area contributed by atoms with Gasteiger partial charge in [-0.15, -0.1) is 0 Å². The minimum atomic E-state index is -0.304. The number of aliphatic hydroxyl groups is 1. The largest absolute Gasteiger partial charge is 0.460 e. The number of carbonyl (C=O) groups excluding carboxylic acids is 1. The highest BCUT2D eigenvalue weighted by molar-refractivity contribution is 5.72. The van der Waals surface area contributed by atoms with Crippen LogP contribution in [0.3, 0.4) is 0 Å². The Labute approximate surface area is 309 Å². The maximum Gasteiger partial charge on any atom is 0.308 e. The number of rotatable bonds is 34. The Balaban J connectivity index is 3.97. The molecule has 0 aliphatic carbocycles. The van der Waals surface area contributed by atoms with Gasteiger partial charge in [0.05, 0.1) is 140 Å². The standard InChI is InChI=1S/C38H76O13/c1-14-26(2)38(40)51-37(13)25-50-36(12)24-49-35(11)23-48-34(10)22-47-33(9)21-46-32(8)20-45-31(7)19-44-30(6)18-43-29(5)17-42-28(4)16-41-27(3)15-39/h26-37,39H,14-25H2,1-13H3. The Morgan fingerprint density at radius 1 is 0.373 bits per heavy atom. The molecule has 0 fully saturated rings. The van der Waals surface area contributed by atoms with Crippen LogP contribution < -0.4 is 0 Å². The second-order valence-electron chi connectivity index (χ2n) is 14.2. The van der Waals surface area contributed by atoms with E-state index in [1.165, 1.54) is 0 Å². The summed E-state index contributed by atoms with van der Waals surface area (Å²) >= 11 is 0. The van der Waals surface area contributed by atoms with Crippen molar-refractivity contribution in [1.82, 2.24) is 0 Å². The fourth-order valence-corrected chi connectivity index (χ4v) is 4.00. The Morgan fingerprint density at radius 2 is 0.569 bits per heavy atom. The first kappa shape index (κ1) is 50.0. The lowest BCUT2D eigenvalue weighted by Gasteiger charge is -2.23. The van der Waals surface area contributed by atoms with E-state index in [2.05, 4.69) is 0 Å². The van der Waals surface area contributed by atoms with Gasteiger partial charge < -0.3 is 57.2 Å². The monoisotopic (exact) mass is 741 g/mol. The molecule has 0 aliphatic heterocycles. The molecule has 12 unspecified atom stereocenters. The lowest BCUT2D eigenvalue weighted by Crippen LogP contribution is -2.31. The fraction of sp³-hybridized carbons (Fsp3) is 0.974. The minimum Gasteiger partial charge on any atom is -0.460 e. The van der Waals surface area contributed by atoms with Crippen molar-refractivity contribution < 1.29 is 62.0 Å². The molecule has 0 saturated carbocycles. The fourth-order valence-electron chi connectivity index (χ4n) is 4.00. The second kappa shape index (κ2) is 30.4. The van der Waals surface area contributed by atoms with E-state index in [0.29, 0.717) is 66.1 Å². The third-order valence-corrected chi connectivity index (χ3v) is 7.74. The summed E-state index contributed by atoms with van der Waals surface area (Å²) in [6, 6.07) is 0. The molecular formula is C38H76O13. The smallest absolute Gasteiger partial charge is 0.308 e. The number of aliphatic hydroxyl groups excluding tert-OH is 1. The molecule has 0 aromatic rings. The molecule has 13 nitrogen and oxygen atoms in total. The molecular weight excluding hydrogens is 664 g/mol. The van der Waals surface area contributed by atoms with Crippen molar-refractivity contribution in [3.8, 4) is 0 Å². The van der Waals surface area contributed by atoms with Crippen molar-refractivity contribution in [1.29, 1.82) is 0 Å². The zero-order chi connectivity index (χ0) is 38.8. The summed E-state index contributed by atoms with van der Waals surface area (Å²) < 4.78 is 63.8. The Bertz CT molecular complexity index is 821. The summed E-state index contributed by atoms with van der Waals surface area (Å²) in [7, 11) is 0. The van der Waals surface area contributed by atoms with E-state index in [4.69, 9.17) is 57.2 Å². The van der Waals surface area contributed by atoms with Gasteiger partial charge in [-0.1, -0.05) is 13.8 Å². The average molecular weight is 741 g/mol. The van der Waals surface area contributed by atoms with Crippen LogP contribution in [0.1, 0.15) is 96.4 Å². The first-order valence-electron chi connectivity index (χ1n) is 19.0. The number of carbonyl (C=O) groups is 1. The zero-order valence-corrected chi connectivity index (χ0v) is 34.3. The Kier molecular flexibility index (Phi) is 29.8. The number of esters is 1. The molecule has 13 heteroatoms. The SMILES string of the molecule is CCC(C)C(=O)OC(C)COC(C)COC(C)COC(C)COC(C)COC(C)COC(C)COC(C)COC(C)COC(C)COC(C)CO. The van der Waals surface area contributed by atoms with Crippen molar-refractivity contribution in [2.24, 2.45) is 5.92 Å². The predicted octanol–water partition coefficient (Wildman–Crippen LogP) is 5.01. The Hall–Kier alpha value is -0.970. The van der Waals surface area contributed by atoms with Crippen LogP contribution in [-0.4, -0.2) is 151 Å². The average Bonchev–Trinajstić information content (AvgIpc) is 3.11. The van der Waals surface area contributed by atoms with E-state index in [1.54, 1.807) is 0 Å². The molecule has 0 heterocycles. The van der Waals surface area contributed by atoms with E-state index >= 15 is 0 Å². The van der Waals surface area contributed by atoms with Crippen LogP contribution in [0.2, 0.25) is 0 Å². The molecule has 12 atom stereocenters. The topological polar surface area (TPSA) is 139 Å². The van der Waals surface area contributed by atoms with Crippen LogP contribution in [0.4, 0.5) is 0 Å². The van der Waals surface area contributed by atoms with Gasteiger partial charge in [-0.3, -0.25) is 4.79 Å².